The minimum atomic E-state index is -3.76. The van der Waals surface area contributed by atoms with Gasteiger partial charge in [-0.25, -0.2) is 13.8 Å². The van der Waals surface area contributed by atoms with Crippen molar-refractivity contribution in [2.45, 2.75) is 43.5 Å². The molecule has 0 unspecified atom stereocenters. The fourth-order valence-corrected chi connectivity index (χ4v) is 5.30. The van der Waals surface area contributed by atoms with Crippen LogP contribution in [0.2, 0.25) is 0 Å². The Morgan fingerprint density at radius 1 is 0.818 bits per heavy atom. The van der Waals surface area contributed by atoms with E-state index in [-0.39, 0.29) is 17.3 Å². The second-order valence-corrected chi connectivity index (χ2v) is 9.90. The van der Waals surface area contributed by atoms with Gasteiger partial charge in [0.05, 0.1) is 17.1 Å². The van der Waals surface area contributed by atoms with Gasteiger partial charge in [-0.1, -0.05) is 55.0 Å². The summed E-state index contributed by atoms with van der Waals surface area (Å²) in [6.07, 6.45) is 5.32. The predicted molar refractivity (Wildman–Crippen MR) is 131 cm³/mol. The molecule has 0 aliphatic heterocycles. The van der Waals surface area contributed by atoms with Crippen molar-refractivity contribution >= 4 is 27.3 Å². The maximum atomic E-state index is 13.4. The first-order chi connectivity index (χ1) is 16.0. The molecule has 1 amide bonds. The van der Waals surface area contributed by atoms with Crippen molar-refractivity contribution in [3.8, 4) is 0 Å². The summed E-state index contributed by atoms with van der Waals surface area (Å²) in [5.41, 5.74) is 5.51. The van der Waals surface area contributed by atoms with Gasteiger partial charge in [-0.15, -0.1) is 0 Å². The molecule has 7 heteroatoms. The molecule has 33 heavy (non-hydrogen) atoms. The fourth-order valence-electron chi connectivity index (χ4n) is 3.82. The monoisotopic (exact) mass is 461 g/mol. The minimum Gasteiger partial charge on any atom is -0.267 e. The second kappa shape index (κ2) is 10.4. The van der Waals surface area contributed by atoms with Crippen LogP contribution in [-0.2, 0) is 16.6 Å². The molecule has 0 aromatic heterocycles. The third-order valence-corrected chi connectivity index (χ3v) is 7.45. The quantitative estimate of drug-likeness (QED) is 0.495. The van der Waals surface area contributed by atoms with Crippen LogP contribution < -0.4 is 9.73 Å². The Morgan fingerprint density at radius 3 is 2.06 bits per heavy atom. The Morgan fingerprint density at radius 2 is 1.42 bits per heavy atom. The molecule has 1 saturated carbocycles. The topological polar surface area (TPSA) is 78.8 Å². The van der Waals surface area contributed by atoms with Crippen molar-refractivity contribution in [2.75, 3.05) is 4.31 Å². The fraction of sp³-hybridized carbons (Fsp3) is 0.231. The van der Waals surface area contributed by atoms with E-state index < -0.39 is 10.0 Å². The lowest BCUT2D eigenvalue weighted by Gasteiger charge is -2.24. The zero-order chi connectivity index (χ0) is 23.1. The first-order valence-electron chi connectivity index (χ1n) is 11.1. The average Bonchev–Trinajstić information content (AvgIpc) is 2.88. The van der Waals surface area contributed by atoms with Crippen molar-refractivity contribution in [2.24, 2.45) is 5.10 Å². The van der Waals surface area contributed by atoms with Crippen molar-refractivity contribution in [3.63, 3.8) is 0 Å². The predicted octanol–water partition coefficient (Wildman–Crippen LogP) is 5.13. The first kappa shape index (κ1) is 22.7. The number of rotatable bonds is 7. The Kier molecular flexibility index (Phi) is 7.19. The van der Waals surface area contributed by atoms with Crippen LogP contribution in [0.5, 0.6) is 0 Å². The summed E-state index contributed by atoms with van der Waals surface area (Å²) in [6.45, 7) is 0.144. The van der Waals surface area contributed by atoms with E-state index in [1.807, 2.05) is 18.2 Å². The zero-order valence-corrected chi connectivity index (χ0v) is 19.2. The molecule has 3 aromatic rings. The molecule has 6 nitrogen and oxygen atoms in total. The molecule has 0 atom stereocenters. The lowest BCUT2D eigenvalue weighted by atomic mass is 9.99. The highest BCUT2D eigenvalue weighted by Gasteiger charge is 2.25. The van der Waals surface area contributed by atoms with Crippen LogP contribution in [0, 0.1) is 0 Å². The SMILES string of the molecule is O=C(NN=C1CCCCC1)c1ccc(CN(c2ccccc2)S(=O)(=O)c2ccccc2)cc1. The van der Waals surface area contributed by atoms with Gasteiger partial charge in [0.1, 0.15) is 0 Å². The van der Waals surface area contributed by atoms with Crippen LogP contribution in [0.1, 0.15) is 48.0 Å². The molecule has 1 N–H and O–H groups in total. The average molecular weight is 462 g/mol. The third kappa shape index (κ3) is 5.68. The number of hydrogen-bond acceptors (Lipinski definition) is 4. The molecule has 170 valence electrons. The van der Waals surface area contributed by atoms with E-state index in [4.69, 9.17) is 0 Å². The van der Waals surface area contributed by atoms with Gasteiger partial charge in [0, 0.05) is 11.3 Å². The highest BCUT2D eigenvalue weighted by atomic mass is 32.2. The largest absolute Gasteiger partial charge is 0.271 e. The number of nitrogens with zero attached hydrogens (tertiary/aromatic N) is 2. The van der Waals surface area contributed by atoms with E-state index in [1.165, 1.54) is 10.7 Å². The summed E-state index contributed by atoms with van der Waals surface area (Å²) in [5.74, 6) is -0.267. The molecule has 1 aliphatic rings. The van der Waals surface area contributed by atoms with E-state index in [0.29, 0.717) is 11.3 Å². The number of amides is 1. The minimum absolute atomic E-state index is 0.144. The Balaban J connectivity index is 1.53. The van der Waals surface area contributed by atoms with Crippen LogP contribution in [0.4, 0.5) is 5.69 Å². The number of anilines is 1. The Bertz CT molecular complexity index is 1200. The first-order valence-corrected chi connectivity index (χ1v) is 12.6. The standard InChI is InChI=1S/C26H27N3O3S/c30-26(28-27-23-10-4-1-5-11-23)22-18-16-21(17-19-22)20-29(24-12-6-2-7-13-24)33(31,32)25-14-8-3-9-15-25/h2-3,6-9,12-19H,1,4-5,10-11,20H2,(H,28,30). The van der Waals surface area contributed by atoms with Crippen LogP contribution in [0.15, 0.2) is 94.9 Å². The van der Waals surface area contributed by atoms with Gasteiger partial charge in [0.15, 0.2) is 0 Å². The van der Waals surface area contributed by atoms with Crippen molar-refractivity contribution in [1.29, 1.82) is 0 Å². The molecular formula is C26H27N3O3S. The maximum absolute atomic E-state index is 13.4. The van der Waals surface area contributed by atoms with Gasteiger partial charge in [0.2, 0.25) is 0 Å². The van der Waals surface area contributed by atoms with Crippen molar-refractivity contribution in [3.05, 3.63) is 96.1 Å². The van der Waals surface area contributed by atoms with Gasteiger partial charge < -0.3 is 0 Å². The van der Waals surface area contributed by atoms with E-state index >= 15 is 0 Å². The molecule has 3 aromatic carbocycles. The van der Waals surface area contributed by atoms with Gasteiger partial charge in [-0.2, -0.15) is 5.10 Å². The number of carbonyl (C=O) groups is 1. The van der Waals surface area contributed by atoms with Crippen LogP contribution in [-0.4, -0.2) is 20.0 Å². The highest BCUT2D eigenvalue weighted by molar-refractivity contribution is 7.92. The molecule has 0 spiro atoms. The molecule has 0 bridgehead atoms. The van der Waals surface area contributed by atoms with Crippen molar-refractivity contribution < 1.29 is 13.2 Å². The van der Waals surface area contributed by atoms with Crippen LogP contribution in [0.3, 0.4) is 0 Å². The number of carbonyl (C=O) groups excluding carboxylic acids is 1. The van der Waals surface area contributed by atoms with E-state index in [2.05, 4.69) is 10.5 Å². The van der Waals surface area contributed by atoms with Gasteiger partial charge in [-0.3, -0.25) is 9.10 Å². The van der Waals surface area contributed by atoms with Gasteiger partial charge in [-0.05, 0) is 67.6 Å². The van der Waals surface area contributed by atoms with Gasteiger partial charge in [0.25, 0.3) is 15.9 Å². The van der Waals surface area contributed by atoms with Crippen LogP contribution in [0.25, 0.3) is 0 Å². The third-order valence-electron chi connectivity index (χ3n) is 5.66. The summed E-state index contributed by atoms with van der Waals surface area (Å²) in [7, 11) is -3.76. The summed E-state index contributed by atoms with van der Waals surface area (Å²) in [5, 5.41) is 4.27. The molecular weight excluding hydrogens is 434 g/mol. The molecule has 1 aliphatic carbocycles. The number of para-hydroxylation sites is 1. The number of hydrazone groups is 1. The van der Waals surface area contributed by atoms with Crippen molar-refractivity contribution in [1.82, 2.24) is 5.43 Å². The smallest absolute Gasteiger partial charge is 0.267 e. The lowest BCUT2D eigenvalue weighted by Crippen LogP contribution is -2.30. The highest BCUT2D eigenvalue weighted by Crippen LogP contribution is 2.26. The number of hydrogen-bond donors (Lipinski definition) is 1. The molecule has 4 rings (SSSR count). The number of sulfonamides is 1. The second-order valence-electron chi connectivity index (χ2n) is 8.04. The normalized spacial score (nSPS) is 13.9. The van der Waals surface area contributed by atoms with Gasteiger partial charge >= 0.3 is 0 Å². The Labute approximate surface area is 195 Å². The molecule has 1 fully saturated rings. The summed E-state index contributed by atoms with van der Waals surface area (Å²) in [4.78, 5) is 12.7. The summed E-state index contributed by atoms with van der Waals surface area (Å²) < 4.78 is 28.2. The summed E-state index contributed by atoms with van der Waals surface area (Å²) >= 11 is 0. The Hall–Kier alpha value is -3.45. The molecule has 0 heterocycles. The summed E-state index contributed by atoms with van der Waals surface area (Å²) in [6, 6.07) is 24.3. The lowest BCUT2D eigenvalue weighted by molar-refractivity contribution is 0.0954. The number of benzene rings is 3. The number of nitrogens with one attached hydrogen (secondary N) is 1. The van der Waals surface area contributed by atoms with E-state index in [1.54, 1.807) is 66.7 Å². The van der Waals surface area contributed by atoms with E-state index in [9.17, 15) is 13.2 Å². The maximum Gasteiger partial charge on any atom is 0.271 e. The van der Waals surface area contributed by atoms with Crippen LogP contribution >= 0.6 is 0 Å². The zero-order valence-electron chi connectivity index (χ0n) is 18.4. The van der Waals surface area contributed by atoms with E-state index in [0.717, 1.165) is 37.0 Å². The molecule has 0 saturated heterocycles. The molecule has 0 radical (unpaired) electrons.